The summed E-state index contributed by atoms with van der Waals surface area (Å²) in [5.74, 6) is 0.877. The van der Waals surface area contributed by atoms with Crippen LogP contribution in [0, 0.1) is 0 Å². The number of furan rings is 1. The monoisotopic (exact) mass is 257 g/mol. The molecule has 0 unspecified atom stereocenters. The fourth-order valence-electron chi connectivity index (χ4n) is 1.78. The van der Waals surface area contributed by atoms with E-state index in [-0.39, 0.29) is 17.9 Å². The van der Waals surface area contributed by atoms with Crippen molar-refractivity contribution in [2.24, 2.45) is 7.05 Å². The normalized spacial score (nSPS) is 10.8. The maximum absolute atomic E-state index is 12.0. The van der Waals surface area contributed by atoms with Crippen molar-refractivity contribution in [3.63, 3.8) is 0 Å². The summed E-state index contributed by atoms with van der Waals surface area (Å²) in [5.41, 5.74) is 1.13. The molecule has 0 spiro atoms. The molecule has 96 valence electrons. The van der Waals surface area contributed by atoms with E-state index in [1.54, 1.807) is 42.3 Å². The number of carbonyl (C=O) groups excluding carboxylic acids is 1. The average Bonchev–Trinajstić information content (AvgIpc) is 3.08. The number of aryl methyl sites for hydroxylation is 1. The highest BCUT2D eigenvalue weighted by atomic mass is 16.5. The second-order valence-corrected chi connectivity index (χ2v) is 4.18. The lowest BCUT2D eigenvalue weighted by Crippen LogP contribution is -2.02. The summed E-state index contributed by atoms with van der Waals surface area (Å²) in [5, 5.41) is 7.78. The van der Waals surface area contributed by atoms with Gasteiger partial charge in [-0.05, 0) is 17.7 Å². The molecule has 0 amide bonds. The van der Waals surface area contributed by atoms with Crippen molar-refractivity contribution in [3.8, 4) is 11.5 Å². The van der Waals surface area contributed by atoms with Gasteiger partial charge in [0.2, 0.25) is 5.76 Å². The third kappa shape index (κ3) is 2.33. The molecule has 19 heavy (non-hydrogen) atoms. The van der Waals surface area contributed by atoms with Gasteiger partial charge in [0, 0.05) is 25.7 Å². The van der Waals surface area contributed by atoms with Crippen LogP contribution in [0.1, 0.15) is 16.1 Å². The highest BCUT2D eigenvalue weighted by Crippen LogP contribution is 2.21. The first-order chi connectivity index (χ1) is 9.22. The zero-order chi connectivity index (χ0) is 13.2. The van der Waals surface area contributed by atoms with E-state index in [1.165, 1.54) is 6.26 Å². The Morgan fingerprint density at radius 3 is 3.00 bits per heavy atom. The van der Waals surface area contributed by atoms with Crippen molar-refractivity contribution in [1.82, 2.24) is 14.9 Å². The van der Waals surface area contributed by atoms with Gasteiger partial charge in [-0.3, -0.25) is 9.48 Å². The van der Waals surface area contributed by atoms with Crippen LogP contribution in [-0.4, -0.2) is 20.7 Å². The molecular weight excluding hydrogens is 246 g/mol. The quantitative estimate of drug-likeness (QED) is 0.669. The summed E-state index contributed by atoms with van der Waals surface area (Å²) in [7, 11) is 1.80. The van der Waals surface area contributed by atoms with Gasteiger partial charge in [0.25, 0.3) is 0 Å². The molecule has 0 N–H and O–H groups in total. The van der Waals surface area contributed by atoms with Crippen LogP contribution in [0.4, 0.5) is 0 Å². The fraction of sp³-hybridized carbons (Fsp3) is 0.154. The molecule has 0 aliphatic rings. The lowest BCUT2D eigenvalue weighted by atomic mass is 10.1. The number of carbonyl (C=O) groups is 1. The van der Waals surface area contributed by atoms with Crippen molar-refractivity contribution in [1.29, 1.82) is 0 Å². The summed E-state index contributed by atoms with van der Waals surface area (Å²) in [6.07, 6.45) is 5.24. The highest BCUT2D eigenvalue weighted by Gasteiger charge is 2.16. The first-order valence-corrected chi connectivity index (χ1v) is 5.74. The number of rotatable bonds is 4. The SMILES string of the molecule is Cn1cc(CC(=O)c2cc(-c3ccco3)on2)cn1. The minimum atomic E-state index is -0.116. The number of nitrogens with zero attached hydrogens (tertiary/aromatic N) is 3. The van der Waals surface area contributed by atoms with E-state index < -0.39 is 0 Å². The predicted octanol–water partition coefficient (Wildman–Crippen LogP) is 2.09. The third-order valence-corrected chi connectivity index (χ3v) is 2.68. The molecule has 0 fully saturated rings. The first-order valence-electron chi connectivity index (χ1n) is 5.74. The molecule has 6 heteroatoms. The number of ketones is 1. The standard InChI is InChI=1S/C13H11N3O3/c1-16-8-9(7-14-16)5-11(17)10-6-13(19-15-10)12-3-2-4-18-12/h2-4,6-8H,5H2,1H3. The van der Waals surface area contributed by atoms with Gasteiger partial charge in [-0.2, -0.15) is 5.10 Å². The van der Waals surface area contributed by atoms with Crippen molar-refractivity contribution in [3.05, 3.63) is 48.1 Å². The average molecular weight is 257 g/mol. The summed E-state index contributed by atoms with van der Waals surface area (Å²) >= 11 is 0. The van der Waals surface area contributed by atoms with Crippen LogP contribution in [0.3, 0.4) is 0 Å². The number of hydrogen-bond acceptors (Lipinski definition) is 5. The van der Waals surface area contributed by atoms with E-state index in [1.807, 2.05) is 0 Å². The largest absolute Gasteiger partial charge is 0.461 e. The Morgan fingerprint density at radius 2 is 2.32 bits per heavy atom. The molecule has 0 saturated carbocycles. The van der Waals surface area contributed by atoms with Gasteiger partial charge < -0.3 is 8.94 Å². The molecule has 6 nitrogen and oxygen atoms in total. The van der Waals surface area contributed by atoms with Crippen molar-refractivity contribution in [2.45, 2.75) is 6.42 Å². The van der Waals surface area contributed by atoms with Crippen molar-refractivity contribution < 1.29 is 13.7 Å². The van der Waals surface area contributed by atoms with E-state index in [4.69, 9.17) is 8.94 Å². The Balaban J connectivity index is 1.77. The number of aromatic nitrogens is 3. The van der Waals surface area contributed by atoms with E-state index in [0.29, 0.717) is 11.5 Å². The van der Waals surface area contributed by atoms with E-state index in [0.717, 1.165) is 5.56 Å². The third-order valence-electron chi connectivity index (χ3n) is 2.68. The summed E-state index contributed by atoms with van der Waals surface area (Å²) in [6, 6.07) is 5.07. The van der Waals surface area contributed by atoms with Crippen LogP contribution >= 0.6 is 0 Å². The molecule has 0 bridgehead atoms. The maximum Gasteiger partial charge on any atom is 0.202 e. The maximum atomic E-state index is 12.0. The smallest absolute Gasteiger partial charge is 0.202 e. The zero-order valence-electron chi connectivity index (χ0n) is 10.2. The van der Waals surface area contributed by atoms with E-state index in [9.17, 15) is 4.79 Å². The summed E-state index contributed by atoms with van der Waals surface area (Å²) < 4.78 is 11.9. The highest BCUT2D eigenvalue weighted by molar-refractivity contribution is 5.96. The molecule has 3 aromatic heterocycles. The molecule has 3 aromatic rings. The van der Waals surface area contributed by atoms with E-state index >= 15 is 0 Å². The van der Waals surface area contributed by atoms with Gasteiger partial charge in [0.1, 0.15) is 0 Å². The van der Waals surface area contributed by atoms with Crippen LogP contribution in [-0.2, 0) is 13.5 Å². The second kappa shape index (κ2) is 4.56. The summed E-state index contributed by atoms with van der Waals surface area (Å²) in [6.45, 7) is 0. The number of Topliss-reactive ketones (excluding diaryl/α,β-unsaturated/α-hetero) is 1. The minimum absolute atomic E-state index is 0.116. The van der Waals surface area contributed by atoms with Gasteiger partial charge in [0.15, 0.2) is 17.2 Å². The number of hydrogen-bond donors (Lipinski definition) is 0. The van der Waals surface area contributed by atoms with E-state index in [2.05, 4.69) is 10.3 Å². The van der Waals surface area contributed by atoms with Crippen molar-refractivity contribution in [2.75, 3.05) is 0 Å². The lowest BCUT2D eigenvalue weighted by Gasteiger charge is -1.91. The predicted molar refractivity (Wildman–Crippen MR) is 65.4 cm³/mol. The van der Waals surface area contributed by atoms with Gasteiger partial charge >= 0.3 is 0 Å². The van der Waals surface area contributed by atoms with Crippen LogP contribution in [0.5, 0.6) is 0 Å². The molecule has 0 aliphatic carbocycles. The Kier molecular flexibility index (Phi) is 2.75. The van der Waals surface area contributed by atoms with Crippen LogP contribution < -0.4 is 0 Å². The van der Waals surface area contributed by atoms with Gasteiger partial charge in [-0.25, -0.2) is 0 Å². The molecule has 0 aromatic carbocycles. The zero-order valence-corrected chi connectivity index (χ0v) is 10.2. The van der Waals surface area contributed by atoms with Crippen LogP contribution in [0.2, 0.25) is 0 Å². The molecule has 3 heterocycles. The second-order valence-electron chi connectivity index (χ2n) is 4.18. The Bertz CT molecular complexity index is 694. The van der Waals surface area contributed by atoms with Crippen LogP contribution in [0.15, 0.2) is 45.8 Å². The first kappa shape index (κ1) is 11.5. The molecule has 0 radical (unpaired) electrons. The van der Waals surface area contributed by atoms with Crippen LogP contribution in [0.25, 0.3) is 11.5 Å². The fourth-order valence-corrected chi connectivity index (χ4v) is 1.78. The Morgan fingerprint density at radius 1 is 1.42 bits per heavy atom. The topological polar surface area (TPSA) is 74.1 Å². The molecule has 3 rings (SSSR count). The van der Waals surface area contributed by atoms with Gasteiger partial charge in [-0.15, -0.1) is 0 Å². The van der Waals surface area contributed by atoms with Gasteiger partial charge in [0.05, 0.1) is 12.5 Å². The van der Waals surface area contributed by atoms with Gasteiger partial charge in [-0.1, -0.05) is 5.16 Å². The molecule has 0 atom stereocenters. The summed E-state index contributed by atoms with van der Waals surface area (Å²) in [4.78, 5) is 12.0. The van der Waals surface area contributed by atoms with Crippen molar-refractivity contribution >= 4 is 5.78 Å². The Hall–Kier alpha value is -2.63. The Labute approximate surface area is 108 Å². The molecule has 0 saturated heterocycles. The lowest BCUT2D eigenvalue weighted by molar-refractivity contribution is 0.0984. The molecular formula is C13H11N3O3. The molecule has 0 aliphatic heterocycles. The minimum Gasteiger partial charge on any atom is -0.461 e.